The van der Waals surface area contributed by atoms with Gasteiger partial charge in [-0.1, -0.05) is 43.7 Å². The molecule has 1 aromatic heterocycles. The Bertz CT molecular complexity index is 602. The molecular formula is C15H20ClN5. The Morgan fingerprint density at radius 1 is 1.10 bits per heavy atom. The van der Waals surface area contributed by atoms with Gasteiger partial charge in [0, 0.05) is 5.56 Å². The average Bonchev–Trinajstić information content (AvgIpc) is 2.91. The molecule has 2 N–H and O–H groups in total. The predicted octanol–water partition coefficient (Wildman–Crippen LogP) is 3.86. The molecule has 6 heteroatoms. The van der Waals surface area contributed by atoms with Crippen molar-refractivity contribution in [2.45, 2.75) is 51.0 Å². The van der Waals surface area contributed by atoms with Gasteiger partial charge in [-0.2, -0.15) is 0 Å². The van der Waals surface area contributed by atoms with Gasteiger partial charge in [0.1, 0.15) is 0 Å². The van der Waals surface area contributed by atoms with Crippen LogP contribution in [0.4, 0.5) is 5.69 Å². The number of nitrogens with zero attached hydrogens (tertiary/aromatic N) is 4. The molecule has 1 aromatic carbocycles. The van der Waals surface area contributed by atoms with E-state index in [1.165, 1.54) is 32.1 Å². The smallest absolute Gasteiger partial charge is 0.182 e. The van der Waals surface area contributed by atoms with Gasteiger partial charge >= 0.3 is 0 Å². The van der Waals surface area contributed by atoms with Crippen LogP contribution in [0.2, 0.25) is 5.02 Å². The lowest BCUT2D eigenvalue weighted by Gasteiger charge is -2.20. The van der Waals surface area contributed by atoms with E-state index >= 15 is 0 Å². The highest BCUT2D eigenvalue weighted by Gasteiger charge is 2.19. The lowest BCUT2D eigenvalue weighted by Crippen LogP contribution is -2.14. The van der Waals surface area contributed by atoms with E-state index < -0.39 is 0 Å². The molecule has 0 unspecified atom stereocenters. The van der Waals surface area contributed by atoms with Gasteiger partial charge in [-0.15, -0.1) is 5.10 Å². The summed E-state index contributed by atoms with van der Waals surface area (Å²) < 4.78 is 1.97. The van der Waals surface area contributed by atoms with Gasteiger partial charge in [0.25, 0.3) is 0 Å². The molecule has 0 amide bonds. The van der Waals surface area contributed by atoms with Crippen molar-refractivity contribution in [3.05, 3.63) is 23.2 Å². The Morgan fingerprint density at radius 2 is 1.81 bits per heavy atom. The van der Waals surface area contributed by atoms with Crippen molar-refractivity contribution in [1.82, 2.24) is 20.2 Å². The summed E-state index contributed by atoms with van der Waals surface area (Å²) in [5.74, 6) is 0.781. The van der Waals surface area contributed by atoms with E-state index in [1.54, 1.807) is 6.07 Å². The van der Waals surface area contributed by atoms with Crippen LogP contribution in [0.5, 0.6) is 0 Å². The van der Waals surface area contributed by atoms with E-state index in [9.17, 15) is 0 Å². The highest BCUT2D eigenvalue weighted by Crippen LogP contribution is 2.30. The fourth-order valence-electron chi connectivity index (χ4n) is 2.99. The van der Waals surface area contributed by atoms with Crippen molar-refractivity contribution in [1.29, 1.82) is 0 Å². The minimum atomic E-state index is 0.382. The molecule has 5 nitrogen and oxygen atoms in total. The molecule has 21 heavy (non-hydrogen) atoms. The summed E-state index contributed by atoms with van der Waals surface area (Å²) in [6.07, 6.45) is 8.73. The zero-order valence-electron chi connectivity index (χ0n) is 12.0. The van der Waals surface area contributed by atoms with E-state index in [0.717, 1.165) is 24.2 Å². The Kier molecular flexibility index (Phi) is 4.39. The topological polar surface area (TPSA) is 69.6 Å². The van der Waals surface area contributed by atoms with E-state index in [2.05, 4.69) is 15.5 Å². The third kappa shape index (κ3) is 3.18. The number of tetrazole rings is 1. The first-order chi connectivity index (χ1) is 10.3. The van der Waals surface area contributed by atoms with Crippen molar-refractivity contribution >= 4 is 17.3 Å². The van der Waals surface area contributed by atoms with Gasteiger partial charge in [-0.3, -0.25) is 0 Å². The Morgan fingerprint density at radius 3 is 2.52 bits per heavy atom. The Hall–Kier alpha value is -1.62. The minimum absolute atomic E-state index is 0.382. The highest BCUT2D eigenvalue weighted by atomic mass is 35.5. The molecule has 0 atom stereocenters. The van der Waals surface area contributed by atoms with Crippen LogP contribution in [0, 0.1) is 0 Å². The van der Waals surface area contributed by atoms with Crippen molar-refractivity contribution in [3.63, 3.8) is 0 Å². The van der Waals surface area contributed by atoms with Crippen LogP contribution in [0.15, 0.2) is 18.2 Å². The number of benzene rings is 1. The number of hydrogen-bond donors (Lipinski definition) is 1. The molecule has 0 aliphatic heterocycles. The monoisotopic (exact) mass is 305 g/mol. The maximum Gasteiger partial charge on any atom is 0.182 e. The molecule has 3 rings (SSSR count). The normalized spacial score (nSPS) is 17.4. The first kappa shape index (κ1) is 14.3. The molecule has 0 spiro atoms. The molecule has 0 bridgehead atoms. The second-order valence-corrected chi connectivity index (χ2v) is 6.09. The van der Waals surface area contributed by atoms with Crippen LogP contribution in [0.25, 0.3) is 11.4 Å². The standard InChI is InChI=1S/C15H20ClN5/c16-13-9-8-11(10-14(13)17)15-18-19-20-21(15)12-6-4-2-1-3-5-7-12/h8-10,12H,1-7,17H2. The van der Waals surface area contributed by atoms with Crippen molar-refractivity contribution in [2.24, 2.45) is 0 Å². The van der Waals surface area contributed by atoms with Gasteiger partial charge in [-0.25, -0.2) is 4.68 Å². The molecule has 1 heterocycles. The van der Waals surface area contributed by atoms with E-state index in [0.29, 0.717) is 16.8 Å². The molecule has 1 aliphatic carbocycles. The number of aromatic nitrogens is 4. The van der Waals surface area contributed by atoms with Crippen LogP contribution in [0.1, 0.15) is 51.0 Å². The summed E-state index contributed by atoms with van der Waals surface area (Å²) in [6.45, 7) is 0. The van der Waals surface area contributed by atoms with Gasteiger partial charge in [0.2, 0.25) is 0 Å². The minimum Gasteiger partial charge on any atom is -0.398 e. The molecule has 2 aromatic rings. The van der Waals surface area contributed by atoms with Crippen LogP contribution in [0.3, 0.4) is 0 Å². The number of nitrogens with two attached hydrogens (primary N) is 1. The predicted molar refractivity (Wildman–Crippen MR) is 84.0 cm³/mol. The average molecular weight is 306 g/mol. The molecule has 1 fully saturated rings. The number of anilines is 1. The summed E-state index contributed by atoms with van der Waals surface area (Å²) in [5, 5.41) is 12.8. The summed E-state index contributed by atoms with van der Waals surface area (Å²) in [7, 11) is 0. The number of hydrogen-bond acceptors (Lipinski definition) is 4. The number of nitrogen functional groups attached to an aromatic ring is 1. The van der Waals surface area contributed by atoms with Crippen LogP contribution in [-0.2, 0) is 0 Å². The van der Waals surface area contributed by atoms with Gasteiger partial charge in [-0.05, 0) is 41.5 Å². The molecule has 1 aliphatic rings. The molecular weight excluding hydrogens is 286 g/mol. The third-order valence-electron chi connectivity index (χ3n) is 4.17. The lowest BCUT2D eigenvalue weighted by molar-refractivity contribution is 0.345. The first-order valence-corrected chi connectivity index (χ1v) is 7.97. The Balaban J connectivity index is 1.90. The lowest BCUT2D eigenvalue weighted by atomic mass is 9.96. The quantitative estimate of drug-likeness (QED) is 0.855. The largest absolute Gasteiger partial charge is 0.398 e. The molecule has 1 saturated carbocycles. The summed E-state index contributed by atoms with van der Waals surface area (Å²) in [6, 6.07) is 5.94. The number of rotatable bonds is 2. The van der Waals surface area contributed by atoms with Crippen molar-refractivity contribution in [3.8, 4) is 11.4 Å². The SMILES string of the molecule is Nc1cc(-c2nnnn2C2CCCCCCC2)ccc1Cl. The van der Waals surface area contributed by atoms with E-state index in [1.807, 2.05) is 16.8 Å². The number of halogens is 1. The molecule has 112 valence electrons. The Labute approximate surface area is 129 Å². The van der Waals surface area contributed by atoms with Crippen molar-refractivity contribution < 1.29 is 0 Å². The zero-order valence-corrected chi connectivity index (χ0v) is 12.8. The van der Waals surface area contributed by atoms with Gasteiger partial charge in [0.05, 0.1) is 16.8 Å². The van der Waals surface area contributed by atoms with Gasteiger partial charge in [0.15, 0.2) is 5.82 Å². The van der Waals surface area contributed by atoms with E-state index in [4.69, 9.17) is 17.3 Å². The van der Waals surface area contributed by atoms with E-state index in [-0.39, 0.29) is 0 Å². The van der Waals surface area contributed by atoms with Gasteiger partial charge < -0.3 is 5.73 Å². The van der Waals surface area contributed by atoms with Crippen LogP contribution in [-0.4, -0.2) is 20.2 Å². The fourth-order valence-corrected chi connectivity index (χ4v) is 3.11. The fraction of sp³-hybridized carbons (Fsp3) is 0.533. The maximum atomic E-state index is 5.99. The first-order valence-electron chi connectivity index (χ1n) is 7.59. The molecule has 0 radical (unpaired) electrons. The summed E-state index contributed by atoms with van der Waals surface area (Å²) >= 11 is 5.99. The van der Waals surface area contributed by atoms with Crippen LogP contribution < -0.4 is 5.73 Å². The maximum absolute atomic E-state index is 5.99. The third-order valence-corrected chi connectivity index (χ3v) is 4.51. The van der Waals surface area contributed by atoms with Crippen LogP contribution >= 0.6 is 11.6 Å². The van der Waals surface area contributed by atoms with Crippen molar-refractivity contribution in [2.75, 3.05) is 5.73 Å². The summed E-state index contributed by atoms with van der Waals surface area (Å²) in [5.41, 5.74) is 7.37. The summed E-state index contributed by atoms with van der Waals surface area (Å²) in [4.78, 5) is 0. The molecule has 0 saturated heterocycles. The zero-order chi connectivity index (χ0) is 14.7. The second kappa shape index (κ2) is 6.43. The second-order valence-electron chi connectivity index (χ2n) is 5.68. The highest BCUT2D eigenvalue weighted by molar-refractivity contribution is 6.33.